The summed E-state index contributed by atoms with van der Waals surface area (Å²) in [5.41, 5.74) is 1.17. The molecule has 4 nitrogen and oxygen atoms in total. The Bertz CT molecular complexity index is 482. The number of hydrogen-bond donors (Lipinski definition) is 1. The largest absolute Gasteiger partial charge is 0.462 e. The summed E-state index contributed by atoms with van der Waals surface area (Å²) in [5, 5.41) is 8.96. The zero-order valence-electron chi connectivity index (χ0n) is 10.7. The summed E-state index contributed by atoms with van der Waals surface area (Å²) in [7, 11) is 2.04. The van der Waals surface area contributed by atoms with Crippen LogP contribution in [0.15, 0.2) is 41.1 Å². The number of hydrogen-bond acceptors (Lipinski definition) is 4. The van der Waals surface area contributed by atoms with E-state index in [1.807, 2.05) is 25.4 Å². The SMILES string of the molecule is C[C@H](c1cccnc1)N(C)Cc1ccc(CO)o1. The van der Waals surface area contributed by atoms with Gasteiger partial charge in [-0.15, -0.1) is 0 Å². The number of furan rings is 1. The highest BCUT2D eigenvalue weighted by atomic mass is 16.4. The molecule has 0 aliphatic carbocycles. The summed E-state index contributed by atoms with van der Waals surface area (Å²) < 4.78 is 5.48. The smallest absolute Gasteiger partial charge is 0.129 e. The molecule has 18 heavy (non-hydrogen) atoms. The van der Waals surface area contributed by atoms with Gasteiger partial charge in [-0.05, 0) is 37.7 Å². The zero-order chi connectivity index (χ0) is 13.0. The maximum Gasteiger partial charge on any atom is 0.129 e. The van der Waals surface area contributed by atoms with Crippen molar-refractivity contribution in [1.82, 2.24) is 9.88 Å². The van der Waals surface area contributed by atoms with Gasteiger partial charge >= 0.3 is 0 Å². The predicted molar refractivity (Wildman–Crippen MR) is 68.7 cm³/mol. The van der Waals surface area contributed by atoms with Crippen molar-refractivity contribution in [3.63, 3.8) is 0 Å². The van der Waals surface area contributed by atoms with Crippen LogP contribution < -0.4 is 0 Å². The Labute approximate surface area is 107 Å². The van der Waals surface area contributed by atoms with E-state index in [-0.39, 0.29) is 12.6 Å². The average Bonchev–Trinajstić information content (AvgIpc) is 2.86. The molecule has 2 aromatic heterocycles. The van der Waals surface area contributed by atoms with Gasteiger partial charge in [-0.3, -0.25) is 9.88 Å². The van der Waals surface area contributed by atoms with E-state index in [2.05, 4.69) is 22.9 Å². The molecule has 2 rings (SSSR count). The van der Waals surface area contributed by atoms with Crippen molar-refractivity contribution in [2.75, 3.05) is 7.05 Å². The van der Waals surface area contributed by atoms with Gasteiger partial charge in [0.25, 0.3) is 0 Å². The summed E-state index contributed by atoms with van der Waals surface area (Å²) in [4.78, 5) is 6.31. The topological polar surface area (TPSA) is 49.5 Å². The summed E-state index contributed by atoms with van der Waals surface area (Å²) in [6, 6.07) is 7.98. The molecule has 0 fully saturated rings. The van der Waals surface area contributed by atoms with Gasteiger partial charge in [0.2, 0.25) is 0 Å². The zero-order valence-corrected chi connectivity index (χ0v) is 10.7. The molecule has 0 radical (unpaired) electrons. The Hall–Kier alpha value is -1.65. The Morgan fingerprint density at radius 2 is 2.11 bits per heavy atom. The van der Waals surface area contributed by atoms with Crippen LogP contribution in [0.3, 0.4) is 0 Å². The van der Waals surface area contributed by atoms with E-state index < -0.39 is 0 Å². The van der Waals surface area contributed by atoms with Crippen LogP contribution >= 0.6 is 0 Å². The normalized spacial score (nSPS) is 12.9. The maximum atomic E-state index is 8.96. The van der Waals surface area contributed by atoms with Crippen LogP contribution in [0.2, 0.25) is 0 Å². The standard InChI is InChI=1S/C14H18N2O2/c1-11(12-4-3-7-15-8-12)16(2)9-13-5-6-14(10-17)18-13/h3-8,11,17H,9-10H2,1-2H3/t11-/m1/s1. The molecular formula is C14H18N2O2. The fourth-order valence-corrected chi connectivity index (χ4v) is 1.85. The molecule has 96 valence electrons. The van der Waals surface area contributed by atoms with E-state index in [0.717, 1.165) is 5.76 Å². The third kappa shape index (κ3) is 2.97. The van der Waals surface area contributed by atoms with E-state index in [4.69, 9.17) is 9.52 Å². The molecule has 0 aliphatic heterocycles. The minimum Gasteiger partial charge on any atom is -0.462 e. The van der Waals surface area contributed by atoms with Crippen molar-refractivity contribution >= 4 is 0 Å². The van der Waals surface area contributed by atoms with Gasteiger partial charge in [-0.25, -0.2) is 0 Å². The molecule has 0 aromatic carbocycles. The van der Waals surface area contributed by atoms with Crippen LogP contribution in [0.4, 0.5) is 0 Å². The van der Waals surface area contributed by atoms with E-state index in [0.29, 0.717) is 12.3 Å². The third-order valence-electron chi connectivity index (χ3n) is 3.11. The van der Waals surface area contributed by atoms with Crippen molar-refractivity contribution in [1.29, 1.82) is 0 Å². The Morgan fingerprint density at radius 3 is 2.72 bits per heavy atom. The number of rotatable bonds is 5. The van der Waals surface area contributed by atoms with Gasteiger partial charge in [-0.1, -0.05) is 6.07 Å². The number of aromatic nitrogens is 1. The Balaban J connectivity index is 2.01. The first-order valence-electron chi connectivity index (χ1n) is 5.99. The van der Waals surface area contributed by atoms with Gasteiger partial charge < -0.3 is 9.52 Å². The van der Waals surface area contributed by atoms with Crippen LogP contribution in [-0.4, -0.2) is 22.0 Å². The predicted octanol–water partition coefficient (Wildman–Crippen LogP) is 2.36. The van der Waals surface area contributed by atoms with Gasteiger partial charge in [0.1, 0.15) is 18.1 Å². The lowest BCUT2D eigenvalue weighted by Gasteiger charge is -2.23. The number of pyridine rings is 1. The fraction of sp³-hybridized carbons (Fsp3) is 0.357. The molecule has 0 spiro atoms. The third-order valence-corrected chi connectivity index (χ3v) is 3.11. The quantitative estimate of drug-likeness (QED) is 0.880. The van der Waals surface area contributed by atoms with Gasteiger partial charge in [0.15, 0.2) is 0 Å². The van der Waals surface area contributed by atoms with Crippen LogP contribution in [0, 0.1) is 0 Å². The molecule has 0 amide bonds. The van der Waals surface area contributed by atoms with Crippen molar-refractivity contribution in [3.8, 4) is 0 Å². The molecular weight excluding hydrogens is 228 g/mol. The molecule has 0 aliphatic rings. The Morgan fingerprint density at radius 1 is 1.33 bits per heavy atom. The van der Waals surface area contributed by atoms with Crippen molar-refractivity contribution in [3.05, 3.63) is 53.7 Å². The summed E-state index contributed by atoms with van der Waals surface area (Å²) in [6.45, 7) is 2.78. The molecule has 0 saturated heterocycles. The first-order chi connectivity index (χ1) is 8.70. The number of aliphatic hydroxyl groups is 1. The maximum absolute atomic E-state index is 8.96. The van der Waals surface area contributed by atoms with Crippen LogP contribution in [0.1, 0.15) is 30.0 Å². The summed E-state index contributed by atoms with van der Waals surface area (Å²) >= 11 is 0. The highest BCUT2D eigenvalue weighted by Crippen LogP contribution is 2.20. The van der Waals surface area contributed by atoms with Crippen molar-refractivity contribution in [2.45, 2.75) is 26.1 Å². The molecule has 0 bridgehead atoms. The van der Waals surface area contributed by atoms with Crippen molar-refractivity contribution < 1.29 is 9.52 Å². The first-order valence-corrected chi connectivity index (χ1v) is 5.99. The van der Waals surface area contributed by atoms with Gasteiger partial charge in [-0.2, -0.15) is 0 Å². The second-order valence-corrected chi connectivity index (χ2v) is 4.40. The van der Waals surface area contributed by atoms with Crippen LogP contribution in [0.25, 0.3) is 0 Å². The lowest BCUT2D eigenvalue weighted by atomic mass is 10.1. The molecule has 0 unspecified atom stereocenters. The lowest BCUT2D eigenvalue weighted by Crippen LogP contribution is -2.21. The highest BCUT2D eigenvalue weighted by Gasteiger charge is 2.13. The Kier molecular flexibility index (Phi) is 4.12. The second kappa shape index (κ2) is 5.80. The molecule has 0 saturated carbocycles. The molecule has 1 N–H and O–H groups in total. The van der Waals surface area contributed by atoms with E-state index >= 15 is 0 Å². The molecule has 2 heterocycles. The van der Waals surface area contributed by atoms with Crippen LogP contribution in [-0.2, 0) is 13.2 Å². The minimum atomic E-state index is -0.0537. The van der Waals surface area contributed by atoms with E-state index in [1.165, 1.54) is 5.56 Å². The highest BCUT2D eigenvalue weighted by molar-refractivity contribution is 5.13. The van der Waals surface area contributed by atoms with E-state index in [9.17, 15) is 0 Å². The first kappa shape index (κ1) is 12.8. The minimum absolute atomic E-state index is 0.0537. The molecule has 1 atom stereocenters. The van der Waals surface area contributed by atoms with Crippen LogP contribution in [0.5, 0.6) is 0 Å². The van der Waals surface area contributed by atoms with Gasteiger partial charge in [0.05, 0.1) is 6.54 Å². The van der Waals surface area contributed by atoms with Gasteiger partial charge in [0, 0.05) is 18.4 Å². The number of nitrogens with zero attached hydrogens (tertiary/aromatic N) is 2. The number of aliphatic hydroxyl groups excluding tert-OH is 1. The summed E-state index contributed by atoms with van der Waals surface area (Å²) in [5.74, 6) is 1.46. The van der Waals surface area contributed by atoms with Crippen molar-refractivity contribution in [2.24, 2.45) is 0 Å². The average molecular weight is 246 g/mol. The fourth-order valence-electron chi connectivity index (χ4n) is 1.85. The second-order valence-electron chi connectivity index (χ2n) is 4.40. The summed E-state index contributed by atoms with van der Waals surface area (Å²) in [6.07, 6.45) is 3.65. The lowest BCUT2D eigenvalue weighted by molar-refractivity contribution is 0.212. The van der Waals surface area contributed by atoms with E-state index in [1.54, 1.807) is 12.3 Å². The monoisotopic (exact) mass is 246 g/mol. The molecule has 4 heteroatoms. The molecule has 2 aromatic rings.